The Bertz CT molecular complexity index is 1630. The van der Waals surface area contributed by atoms with Crippen molar-refractivity contribution in [2.24, 2.45) is 0 Å². The summed E-state index contributed by atoms with van der Waals surface area (Å²) in [6, 6.07) is 39.9. The van der Waals surface area contributed by atoms with Crippen LogP contribution in [0.3, 0.4) is 0 Å². The van der Waals surface area contributed by atoms with Gasteiger partial charge in [-0.05, 0) is 62.7 Å². The second-order valence-corrected chi connectivity index (χ2v) is 9.22. The molecular formula is C30H18S. The summed E-state index contributed by atoms with van der Waals surface area (Å²) >= 11 is 1.89. The summed E-state index contributed by atoms with van der Waals surface area (Å²) in [6.45, 7) is 0. The Morgan fingerprint density at radius 3 is 1.97 bits per heavy atom. The molecular weight excluding hydrogens is 392 g/mol. The van der Waals surface area contributed by atoms with E-state index in [0.717, 1.165) is 0 Å². The summed E-state index contributed by atoms with van der Waals surface area (Å²) in [5, 5.41) is 2.70. The third kappa shape index (κ3) is 2.47. The van der Waals surface area contributed by atoms with Gasteiger partial charge in [-0.15, -0.1) is 11.3 Å². The van der Waals surface area contributed by atoms with Gasteiger partial charge in [0.05, 0.1) is 0 Å². The second-order valence-electron chi connectivity index (χ2n) is 8.17. The Morgan fingerprint density at radius 1 is 0.387 bits per heavy atom. The van der Waals surface area contributed by atoms with Gasteiger partial charge in [-0.1, -0.05) is 91.0 Å². The first kappa shape index (κ1) is 17.0. The normalized spacial score (nSPS) is 11.9. The Hall–Kier alpha value is -3.68. The van der Waals surface area contributed by atoms with Crippen molar-refractivity contribution in [3.63, 3.8) is 0 Å². The molecule has 0 saturated heterocycles. The molecule has 0 saturated carbocycles. The van der Waals surface area contributed by atoms with E-state index in [-0.39, 0.29) is 0 Å². The van der Waals surface area contributed by atoms with Crippen LogP contribution in [0.4, 0.5) is 0 Å². The van der Waals surface area contributed by atoms with Gasteiger partial charge in [0.15, 0.2) is 0 Å². The van der Waals surface area contributed by atoms with Gasteiger partial charge in [-0.25, -0.2) is 0 Å². The molecule has 1 aliphatic rings. The second kappa shape index (κ2) is 6.41. The van der Waals surface area contributed by atoms with Crippen molar-refractivity contribution in [3.8, 4) is 44.5 Å². The van der Waals surface area contributed by atoms with Crippen molar-refractivity contribution in [2.45, 2.75) is 0 Å². The smallest absolute Gasteiger partial charge is 0.0433 e. The zero-order valence-electron chi connectivity index (χ0n) is 16.8. The van der Waals surface area contributed by atoms with Crippen molar-refractivity contribution in [2.75, 3.05) is 0 Å². The van der Waals surface area contributed by atoms with E-state index in [1.807, 2.05) is 11.3 Å². The molecule has 0 N–H and O–H groups in total. The summed E-state index contributed by atoms with van der Waals surface area (Å²) in [7, 11) is 0. The minimum absolute atomic E-state index is 1.27. The first-order valence-electron chi connectivity index (χ1n) is 10.6. The van der Waals surface area contributed by atoms with Crippen molar-refractivity contribution in [3.05, 3.63) is 109 Å². The fourth-order valence-corrected chi connectivity index (χ4v) is 6.15. The molecule has 0 unspecified atom stereocenters. The lowest BCUT2D eigenvalue weighted by atomic mass is 9.79. The van der Waals surface area contributed by atoms with Gasteiger partial charge >= 0.3 is 0 Å². The van der Waals surface area contributed by atoms with E-state index < -0.39 is 0 Å². The van der Waals surface area contributed by atoms with Gasteiger partial charge in [0.1, 0.15) is 0 Å². The minimum Gasteiger partial charge on any atom is -0.135 e. The molecule has 6 aromatic rings. The summed E-state index contributed by atoms with van der Waals surface area (Å²) < 4.78 is 2.72. The first-order chi connectivity index (χ1) is 15.4. The van der Waals surface area contributed by atoms with E-state index in [9.17, 15) is 0 Å². The molecule has 5 aromatic carbocycles. The van der Waals surface area contributed by atoms with E-state index in [0.29, 0.717) is 0 Å². The topological polar surface area (TPSA) is 0 Å². The Kier molecular flexibility index (Phi) is 3.52. The van der Waals surface area contributed by atoms with E-state index in [1.165, 1.54) is 64.7 Å². The van der Waals surface area contributed by atoms with E-state index in [1.54, 1.807) is 0 Å². The fourth-order valence-electron chi connectivity index (χ4n) is 4.91. The van der Waals surface area contributed by atoms with Crippen LogP contribution in [0.2, 0.25) is 0 Å². The lowest BCUT2D eigenvalue weighted by molar-refractivity contribution is 1.51. The number of benzene rings is 5. The molecule has 0 bridgehead atoms. The molecule has 0 atom stereocenters. The van der Waals surface area contributed by atoms with Gasteiger partial charge in [0, 0.05) is 20.2 Å². The van der Waals surface area contributed by atoms with Crippen LogP contribution >= 0.6 is 11.3 Å². The van der Waals surface area contributed by atoms with Crippen LogP contribution < -0.4 is 0 Å². The third-order valence-corrected chi connectivity index (χ3v) is 7.66. The average molecular weight is 411 g/mol. The highest BCUT2D eigenvalue weighted by Gasteiger charge is 2.21. The predicted octanol–water partition coefficient (Wildman–Crippen LogP) is 9.04. The summed E-state index contributed by atoms with van der Waals surface area (Å²) in [4.78, 5) is 0. The van der Waals surface area contributed by atoms with Crippen molar-refractivity contribution in [1.82, 2.24) is 0 Å². The molecule has 144 valence electrons. The van der Waals surface area contributed by atoms with Crippen molar-refractivity contribution < 1.29 is 0 Å². The molecule has 7 rings (SSSR count). The van der Waals surface area contributed by atoms with Crippen LogP contribution in [0, 0.1) is 0 Å². The third-order valence-electron chi connectivity index (χ3n) is 6.44. The van der Waals surface area contributed by atoms with Gasteiger partial charge < -0.3 is 0 Å². The first-order valence-corrected chi connectivity index (χ1v) is 11.4. The van der Waals surface area contributed by atoms with Crippen LogP contribution in [0.15, 0.2) is 109 Å². The average Bonchev–Trinajstić information content (AvgIpc) is 3.21. The lowest BCUT2D eigenvalue weighted by Crippen LogP contribution is -1.98. The molecule has 31 heavy (non-hydrogen) atoms. The Labute approximate surface area is 185 Å². The van der Waals surface area contributed by atoms with E-state index >= 15 is 0 Å². The number of fused-ring (bicyclic) bond motifs is 7. The van der Waals surface area contributed by atoms with Crippen LogP contribution in [-0.2, 0) is 0 Å². The van der Waals surface area contributed by atoms with Gasteiger partial charge in [0.2, 0.25) is 0 Å². The highest BCUT2D eigenvalue weighted by atomic mass is 32.1. The minimum atomic E-state index is 1.27. The van der Waals surface area contributed by atoms with E-state index in [4.69, 9.17) is 0 Å². The fraction of sp³-hybridized carbons (Fsp3) is 0. The van der Waals surface area contributed by atoms with Crippen LogP contribution in [0.1, 0.15) is 0 Å². The standard InChI is InChI=1S/C30H18S/c1-2-10-24-23(9-1)25-16-15-20(18-28(24)25)19-7-5-8-21(17-19)22-12-6-13-27-26-11-3-4-14-29(26)31-30(22)27/h1-18H. The number of hydrogen-bond acceptors (Lipinski definition) is 1. The van der Waals surface area contributed by atoms with Crippen molar-refractivity contribution >= 4 is 31.5 Å². The van der Waals surface area contributed by atoms with Gasteiger partial charge in [-0.2, -0.15) is 0 Å². The highest BCUT2D eigenvalue weighted by molar-refractivity contribution is 7.26. The largest absolute Gasteiger partial charge is 0.135 e. The number of thiophene rings is 1. The van der Waals surface area contributed by atoms with Crippen molar-refractivity contribution in [1.29, 1.82) is 0 Å². The van der Waals surface area contributed by atoms with Gasteiger partial charge in [-0.3, -0.25) is 0 Å². The molecule has 0 radical (unpaired) electrons. The summed E-state index contributed by atoms with van der Waals surface area (Å²) in [6.07, 6.45) is 0. The maximum atomic E-state index is 2.34. The highest BCUT2D eigenvalue weighted by Crippen LogP contribution is 2.48. The SMILES string of the molecule is c1cc(-c2ccc3c(c2)-c2ccccc2-3)cc(-c2cccc3c2sc2ccccc23)c1. The summed E-state index contributed by atoms with van der Waals surface area (Å²) in [5.41, 5.74) is 10.6. The summed E-state index contributed by atoms with van der Waals surface area (Å²) in [5.74, 6) is 0. The molecule has 1 aliphatic carbocycles. The monoisotopic (exact) mass is 410 g/mol. The quantitative estimate of drug-likeness (QED) is 0.267. The predicted molar refractivity (Wildman–Crippen MR) is 135 cm³/mol. The zero-order valence-corrected chi connectivity index (χ0v) is 17.6. The van der Waals surface area contributed by atoms with Crippen LogP contribution in [-0.4, -0.2) is 0 Å². The molecule has 1 heterocycles. The molecule has 0 fully saturated rings. The molecule has 0 spiro atoms. The maximum Gasteiger partial charge on any atom is 0.0433 e. The molecule has 0 aliphatic heterocycles. The number of hydrogen-bond donors (Lipinski definition) is 0. The van der Waals surface area contributed by atoms with E-state index in [2.05, 4.69) is 109 Å². The Balaban J connectivity index is 1.37. The van der Waals surface area contributed by atoms with Gasteiger partial charge in [0.25, 0.3) is 0 Å². The number of rotatable bonds is 2. The maximum absolute atomic E-state index is 2.34. The molecule has 1 aromatic heterocycles. The molecule has 0 amide bonds. The Morgan fingerprint density at radius 2 is 1.03 bits per heavy atom. The lowest BCUT2D eigenvalue weighted by Gasteiger charge is -2.24. The molecule has 0 nitrogen and oxygen atoms in total. The van der Waals surface area contributed by atoms with Crippen LogP contribution in [0.5, 0.6) is 0 Å². The zero-order chi connectivity index (χ0) is 20.4. The molecule has 1 heteroatoms. The van der Waals surface area contributed by atoms with Crippen LogP contribution in [0.25, 0.3) is 64.7 Å².